The van der Waals surface area contributed by atoms with Gasteiger partial charge in [-0.2, -0.15) is 0 Å². The Morgan fingerprint density at radius 2 is 1.67 bits per heavy atom. The van der Waals surface area contributed by atoms with Crippen LogP contribution < -0.4 is 10.6 Å². The molecule has 0 bridgehead atoms. The summed E-state index contributed by atoms with van der Waals surface area (Å²) in [6, 6.07) is 18.5. The van der Waals surface area contributed by atoms with Crippen LogP contribution in [0.4, 0.5) is 4.79 Å². The Hall–Kier alpha value is -3.66. The lowest BCUT2D eigenvalue weighted by molar-refractivity contribution is -0.145. The van der Waals surface area contributed by atoms with Gasteiger partial charge < -0.3 is 10.1 Å². The average molecular weight is 425 g/mol. The first-order chi connectivity index (χ1) is 14.6. The predicted molar refractivity (Wildman–Crippen MR) is 111 cm³/mol. The number of para-hydroxylation sites is 1. The second-order valence-corrected chi connectivity index (χ2v) is 6.86. The number of esters is 1. The van der Waals surface area contributed by atoms with E-state index in [1.165, 1.54) is 7.05 Å². The van der Waals surface area contributed by atoms with Crippen LogP contribution in [0, 0.1) is 0 Å². The number of imide groups is 1. The molecule has 1 heterocycles. The fraction of sp³-hybridized carbons (Fsp3) is 0.150. The van der Waals surface area contributed by atoms with Gasteiger partial charge in [-0.3, -0.25) is 19.5 Å². The standard InChI is InChI=1S/C20H19N5O4S/c1-21-19(28)22-16(26)12-29-17(27)13-30-20-24-23-18(14-8-4-2-5-9-14)25(20)15-10-6-3-7-11-15/h2-11H,12-13H2,1H3,(H2,21,22,26,28). The summed E-state index contributed by atoms with van der Waals surface area (Å²) < 4.78 is 6.75. The van der Waals surface area contributed by atoms with E-state index >= 15 is 0 Å². The number of benzene rings is 2. The van der Waals surface area contributed by atoms with E-state index in [1.807, 2.05) is 70.5 Å². The van der Waals surface area contributed by atoms with Crippen LogP contribution >= 0.6 is 11.8 Å². The molecule has 154 valence electrons. The highest BCUT2D eigenvalue weighted by Gasteiger charge is 2.18. The number of hydrogen-bond donors (Lipinski definition) is 2. The van der Waals surface area contributed by atoms with Crippen LogP contribution in [0.2, 0.25) is 0 Å². The van der Waals surface area contributed by atoms with Crippen LogP contribution in [0.3, 0.4) is 0 Å². The minimum Gasteiger partial charge on any atom is -0.455 e. The molecule has 0 radical (unpaired) electrons. The van der Waals surface area contributed by atoms with Crippen LogP contribution in [0.15, 0.2) is 65.8 Å². The molecule has 0 atom stereocenters. The second kappa shape index (κ2) is 10.2. The van der Waals surface area contributed by atoms with E-state index in [9.17, 15) is 14.4 Å². The molecule has 10 heteroatoms. The molecule has 30 heavy (non-hydrogen) atoms. The molecule has 0 aliphatic heterocycles. The van der Waals surface area contributed by atoms with E-state index in [0.717, 1.165) is 23.0 Å². The molecule has 0 saturated heterocycles. The summed E-state index contributed by atoms with van der Waals surface area (Å²) in [7, 11) is 1.37. The highest BCUT2D eigenvalue weighted by molar-refractivity contribution is 7.99. The minimum absolute atomic E-state index is 0.0764. The van der Waals surface area contributed by atoms with Crippen LogP contribution in [-0.2, 0) is 14.3 Å². The summed E-state index contributed by atoms with van der Waals surface area (Å²) in [6.45, 7) is -0.548. The van der Waals surface area contributed by atoms with Gasteiger partial charge in [0.25, 0.3) is 5.91 Å². The Morgan fingerprint density at radius 3 is 2.33 bits per heavy atom. The fourth-order valence-electron chi connectivity index (χ4n) is 2.48. The van der Waals surface area contributed by atoms with Crippen molar-refractivity contribution in [3.8, 4) is 17.1 Å². The van der Waals surface area contributed by atoms with E-state index in [1.54, 1.807) is 0 Å². The maximum absolute atomic E-state index is 12.0. The van der Waals surface area contributed by atoms with Crippen molar-refractivity contribution in [2.24, 2.45) is 0 Å². The molecular formula is C20H19N5O4S. The maximum atomic E-state index is 12.0. The Kier molecular flexibility index (Phi) is 7.17. The number of amides is 3. The molecule has 0 aliphatic rings. The highest BCUT2D eigenvalue weighted by Crippen LogP contribution is 2.27. The Bertz CT molecular complexity index is 1020. The van der Waals surface area contributed by atoms with Gasteiger partial charge in [0.1, 0.15) is 0 Å². The number of hydrogen-bond acceptors (Lipinski definition) is 7. The number of carbonyl (C=O) groups excluding carboxylic acids is 3. The van der Waals surface area contributed by atoms with Crippen LogP contribution in [0.5, 0.6) is 0 Å². The van der Waals surface area contributed by atoms with E-state index in [2.05, 4.69) is 15.5 Å². The molecule has 3 rings (SSSR count). The smallest absolute Gasteiger partial charge is 0.321 e. The van der Waals surface area contributed by atoms with Crippen LogP contribution in [0.25, 0.3) is 17.1 Å². The summed E-state index contributed by atoms with van der Waals surface area (Å²) in [6.07, 6.45) is 0. The van der Waals surface area contributed by atoms with Crippen LogP contribution in [-0.4, -0.2) is 52.1 Å². The first-order valence-corrected chi connectivity index (χ1v) is 9.93. The third kappa shape index (κ3) is 5.45. The quantitative estimate of drug-likeness (QED) is 0.440. The number of rotatable bonds is 7. The lowest BCUT2D eigenvalue weighted by Gasteiger charge is -2.10. The number of nitrogens with zero attached hydrogens (tertiary/aromatic N) is 3. The van der Waals surface area contributed by atoms with Crippen LogP contribution in [0.1, 0.15) is 0 Å². The number of aromatic nitrogens is 3. The summed E-state index contributed by atoms with van der Waals surface area (Å²) >= 11 is 1.14. The Morgan fingerprint density at radius 1 is 1.00 bits per heavy atom. The molecule has 0 spiro atoms. The van der Waals surface area contributed by atoms with Gasteiger partial charge >= 0.3 is 12.0 Å². The molecule has 2 aromatic carbocycles. The van der Waals surface area contributed by atoms with Crippen molar-refractivity contribution in [2.75, 3.05) is 19.4 Å². The van der Waals surface area contributed by atoms with E-state index < -0.39 is 24.5 Å². The first kappa shape index (κ1) is 21.1. The van der Waals surface area contributed by atoms with Crippen molar-refractivity contribution < 1.29 is 19.1 Å². The molecule has 3 aromatic rings. The third-order valence-corrected chi connectivity index (χ3v) is 4.75. The lowest BCUT2D eigenvalue weighted by Crippen LogP contribution is -2.39. The van der Waals surface area contributed by atoms with Crippen molar-refractivity contribution in [1.82, 2.24) is 25.4 Å². The second-order valence-electron chi connectivity index (χ2n) is 5.92. The molecule has 1 aromatic heterocycles. The number of ether oxygens (including phenoxy) is 1. The molecule has 9 nitrogen and oxygen atoms in total. The average Bonchev–Trinajstić information content (AvgIpc) is 3.21. The molecule has 3 amide bonds. The van der Waals surface area contributed by atoms with Gasteiger partial charge in [-0.25, -0.2) is 4.79 Å². The molecule has 0 aliphatic carbocycles. The minimum atomic E-state index is -0.716. The van der Waals surface area contributed by atoms with Gasteiger partial charge in [-0.15, -0.1) is 10.2 Å². The van der Waals surface area contributed by atoms with Gasteiger partial charge in [0.15, 0.2) is 17.6 Å². The van der Waals surface area contributed by atoms with E-state index in [4.69, 9.17) is 4.74 Å². The normalized spacial score (nSPS) is 10.3. The summed E-state index contributed by atoms with van der Waals surface area (Å²) in [5, 5.41) is 13.3. The number of thioether (sulfide) groups is 1. The van der Waals surface area contributed by atoms with Crippen molar-refractivity contribution in [2.45, 2.75) is 5.16 Å². The maximum Gasteiger partial charge on any atom is 0.321 e. The SMILES string of the molecule is CNC(=O)NC(=O)COC(=O)CSc1nnc(-c2ccccc2)n1-c1ccccc1. The summed E-state index contributed by atoms with van der Waals surface area (Å²) in [5.41, 5.74) is 1.73. The lowest BCUT2D eigenvalue weighted by atomic mass is 10.2. The topological polar surface area (TPSA) is 115 Å². The van der Waals surface area contributed by atoms with Gasteiger partial charge in [-0.1, -0.05) is 60.3 Å². The van der Waals surface area contributed by atoms with Crippen molar-refractivity contribution in [3.05, 3.63) is 60.7 Å². The molecular weight excluding hydrogens is 406 g/mol. The highest BCUT2D eigenvalue weighted by atomic mass is 32.2. The fourth-order valence-corrected chi connectivity index (χ4v) is 3.23. The van der Waals surface area contributed by atoms with E-state index in [0.29, 0.717) is 11.0 Å². The largest absolute Gasteiger partial charge is 0.455 e. The number of carbonyl (C=O) groups is 3. The zero-order chi connectivity index (χ0) is 21.3. The number of urea groups is 1. The summed E-state index contributed by atoms with van der Waals surface area (Å²) in [4.78, 5) is 34.6. The number of nitrogens with one attached hydrogen (secondary N) is 2. The molecule has 0 fully saturated rings. The Balaban J connectivity index is 1.71. The monoisotopic (exact) mass is 425 g/mol. The zero-order valence-electron chi connectivity index (χ0n) is 16.1. The third-order valence-electron chi connectivity index (χ3n) is 3.84. The zero-order valence-corrected chi connectivity index (χ0v) is 16.9. The van der Waals surface area contributed by atoms with Crippen molar-refractivity contribution in [1.29, 1.82) is 0 Å². The van der Waals surface area contributed by atoms with Gasteiger partial charge in [0.2, 0.25) is 0 Å². The van der Waals surface area contributed by atoms with Gasteiger partial charge in [0, 0.05) is 18.3 Å². The predicted octanol–water partition coefficient (Wildman–Crippen LogP) is 2.03. The molecule has 0 saturated carbocycles. The van der Waals surface area contributed by atoms with Crippen molar-refractivity contribution in [3.63, 3.8) is 0 Å². The van der Waals surface area contributed by atoms with Crippen molar-refractivity contribution >= 4 is 29.7 Å². The molecule has 2 N–H and O–H groups in total. The Labute approximate surface area is 176 Å². The first-order valence-electron chi connectivity index (χ1n) is 8.94. The van der Waals surface area contributed by atoms with E-state index in [-0.39, 0.29) is 5.75 Å². The summed E-state index contributed by atoms with van der Waals surface area (Å²) in [5.74, 6) is -0.766. The van der Waals surface area contributed by atoms with Gasteiger partial charge in [-0.05, 0) is 12.1 Å². The van der Waals surface area contributed by atoms with Gasteiger partial charge in [0.05, 0.1) is 5.75 Å². The molecule has 0 unspecified atom stereocenters.